The molecule has 1 N–H and O–H groups in total. The normalized spacial score (nSPS) is 14.6. The molecule has 0 spiro atoms. The quantitative estimate of drug-likeness (QED) is 0.596. The highest BCUT2D eigenvalue weighted by Crippen LogP contribution is 2.18. The van der Waals surface area contributed by atoms with Crippen LogP contribution >= 0.6 is 0 Å². The van der Waals surface area contributed by atoms with Gasteiger partial charge in [-0.05, 0) is 38.0 Å². The SMILES string of the molecule is CCCN(CCC)C(=O)CCCC(=O)N1CCC(CNC(=O)c2cnn(C)c2)CC1. The van der Waals surface area contributed by atoms with Crippen LogP contribution in [0.4, 0.5) is 0 Å². The third kappa shape index (κ3) is 7.46. The lowest BCUT2D eigenvalue weighted by atomic mass is 9.96. The summed E-state index contributed by atoms with van der Waals surface area (Å²) in [6, 6.07) is 0. The van der Waals surface area contributed by atoms with E-state index in [-0.39, 0.29) is 17.7 Å². The van der Waals surface area contributed by atoms with E-state index < -0.39 is 0 Å². The molecule has 0 radical (unpaired) electrons. The number of likely N-dealkylation sites (tertiary alicyclic amines) is 1. The molecule has 1 aliphatic rings. The Morgan fingerprint density at radius 1 is 1.13 bits per heavy atom. The van der Waals surface area contributed by atoms with E-state index in [1.165, 1.54) is 0 Å². The van der Waals surface area contributed by atoms with Gasteiger partial charge in [-0.1, -0.05) is 13.8 Å². The number of aromatic nitrogens is 2. The molecule has 30 heavy (non-hydrogen) atoms. The second-order valence-corrected chi connectivity index (χ2v) is 8.17. The van der Waals surface area contributed by atoms with Gasteiger partial charge in [-0.15, -0.1) is 0 Å². The van der Waals surface area contributed by atoms with Gasteiger partial charge in [0.2, 0.25) is 11.8 Å². The molecule has 1 saturated heterocycles. The summed E-state index contributed by atoms with van der Waals surface area (Å²) in [4.78, 5) is 40.7. The zero-order chi connectivity index (χ0) is 21.9. The summed E-state index contributed by atoms with van der Waals surface area (Å²) in [7, 11) is 1.78. The van der Waals surface area contributed by atoms with Gasteiger partial charge in [0.25, 0.3) is 5.91 Å². The molecule has 1 fully saturated rings. The first-order chi connectivity index (χ1) is 14.4. The predicted molar refractivity (Wildman–Crippen MR) is 116 cm³/mol. The van der Waals surface area contributed by atoms with E-state index in [1.807, 2.05) is 9.80 Å². The molecule has 0 aliphatic carbocycles. The number of hydrogen-bond donors (Lipinski definition) is 1. The number of aryl methyl sites for hydroxylation is 1. The number of carbonyl (C=O) groups is 3. The van der Waals surface area contributed by atoms with Crippen LogP contribution in [-0.2, 0) is 16.6 Å². The van der Waals surface area contributed by atoms with Gasteiger partial charge >= 0.3 is 0 Å². The Morgan fingerprint density at radius 3 is 2.37 bits per heavy atom. The van der Waals surface area contributed by atoms with Crippen molar-refractivity contribution in [3.05, 3.63) is 18.0 Å². The molecule has 1 aromatic rings. The fraction of sp³-hybridized carbons (Fsp3) is 0.727. The van der Waals surface area contributed by atoms with Crippen molar-refractivity contribution in [1.82, 2.24) is 24.9 Å². The molecule has 8 heteroatoms. The maximum atomic E-state index is 12.5. The average Bonchev–Trinajstić information content (AvgIpc) is 3.18. The summed E-state index contributed by atoms with van der Waals surface area (Å²) in [6.07, 6.45) is 8.45. The maximum Gasteiger partial charge on any atom is 0.254 e. The van der Waals surface area contributed by atoms with Gasteiger partial charge in [-0.2, -0.15) is 5.10 Å². The molecule has 8 nitrogen and oxygen atoms in total. The van der Waals surface area contributed by atoms with Crippen molar-refractivity contribution in [2.24, 2.45) is 13.0 Å². The number of amides is 3. The van der Waals surface area contributed by atoms with E-state index in [4.69, 9.17) is 0 Å². The highest BCUT2D eigenvalue weighted by atomic mass is 16.2. The van der Waals surface area contributed by atoms with Crippen LogP contribution in [0.1, 0.15) is 69.2 Å². The molecule has 1 aliphatic heterocycles. The van der Waals surface area contributed by atoms with Crippen LogP contribution in [0, 0.1) is 5.92 Å². The smallest absolute Gasteiger partial charge is 0.254 e. The predicted octanol–water partition coefficient (Wildman–Crippen LogP) is 2.21. The molecule has 0 atom stereocenters. The van der Waals surface area contributed by atoms with Gasteiger partial charge in [0, 0.05) is 58.8 Å². The molecule has 0 aromatic carbocycles. The second-order valence-electron chi connectivity index (χ2n) is 8.17. The van der Waals surface area contributed by atoms with E-state index in [9.17, 15) is 14.4 Å². The zero-order valence-electron chi connectivity index (χ0n) is 18.7. The van der Waals surface area contributed by atoms with Crippen LogP contribution in [0.15, 0.2) is 12.4 Å². The van der Waals surface area contributed by atoms with E-state index in [2.05, 4.69) is 24.3 Å². The molecule has 2 heterocycles. The summed E-state index contributed by atoms with van der Waals surface area (Å²) in [5.41, 5.74) is 0.566. The summed E-state index contributed by atoms with van der Waals surface area (Å²) in [6.45, 7) is 7.81. The van der Waals surface area contributed by atoms with Crippen molar-refractivity contribution in [2.45, 2.75) is 58.8 Å². The Kier molecular flexibility index (Phi) is 9.83. The second kappa shape index (κ2) is 12.3. The summed E-state index contributed by atoms with van der Waals surface area (Å²) in [5, 5.41) is 6.98. The van der Waals surface area contributed by atoms with Crippen molar-refractivity contribution in [3.8, 4) is 0 Å². The van der Waals surface area contributed by atoms with Gasteiger partial charge in [0.15, 0.2) is 0 Å². The third-order valence-corrected chi connectivity index (χ3v) is 5.61. The molecule has 0 bridgehead atoms. The van der Waals surface area contributed by atoms with Crippen LogP contribution in [0.5, 0.6) is 0 Å². The number of piperidine rings is 1. The van der Waals surface area contributed by atoms with Gasteiger partial charge in [0.1, 0.15) is 0 Å². The first-order valence-electron chi connectivity index (χ1n) is 11.3. The minimum atomic E-state index is -0.105. The molecule has 0 unspecified atom stereocenters. The van der Waals surface area contributed by atoms with E-state index >= 15 is 0 Å². The van der Waals surface area contributed by atoms with Crippen LogP contribution in [0.3, 0.4) is 0 Å². The first kappa shape index (κ1) is 23.9. The summed E-state index contributed by atoms with van der Waals surface area (Å²) >= 11 is 0. The van der Waals surface area contributed by atoms with Crippen LogP contribution < -0.4 is 5.32 Å². The van der Waals surface area contributed by atoms with Gasteiger partial charge < -0.3 is 15.1 Å². The van der Waals surface area contributed by atoms with Crippen molar-refractivity contribution in [1.29, 1.82) is 0 Å². The molecule has 2 rings (SSSR count). The number of nitrogens with one attached hydrogen (secondary N) is 1. The minimum Gasteiger partial charge on any atom is -0.352 e. The van der Waals surface area contributed by atoms with E-state index in [0.29, 0.717) is 37.3 Å². The van der Waals surface area contributed by atoms with E-state index in [0.717, 1.165) is 51.9 Å². The standard InChI is InChI=1S/C22H37N5O3/c1-4-11-26(12-5-2)20(28)7-6-8-21(29)27-13-9-18(10-14-27)15-23-22(30)19-16-24-25(3)17-19/h16-18H,4-15H2,1-3H3,(H,23,30). The maximum absolute atomic E-state index is 12.5. The number of carbonyl (C=O) groups excluding carboxylic acids is 3. The van der Waals surface area contributed by atoms with Crippen LogP contribution in [0.2, 0.25) is 0 Å². The molecule has 168 valence electrons. The van der Waals surface area contributed by atoms with Crippen LogP contribution in [0.25, 0.3) is 0 Å². The highest BCUT2D eigenvalue weighted by molar-refractivity contribution is 5.93. The van der Waals surface area contributed by atoms with Crippen molar-refractivity contribution >= 4 is 17.7 Å². The minimum absolute atomic E-state index is 0.105. The Labute approximate surface area is 180 Å². The topological polar surface area (TPSA) is 87.5 Å². The zero-order valence-corrected chi connectivity index (χ0v) is 18.7. The molecule has 0 saturated carbocycles. The molecule has 1 aromatic heterocycles. The molecule has 3 amide bonds. The summed E-state index contributed by atoms with van der Waals surface area (Å²) < 4.78 is 1.61. The largest absolute Gasteiger partial charge is 0.352 e. The van der Waals surface area contributed by atoms with E-state index in [1.54, 1.807) is 24.1 Å². The fourth-order valence-corrected chi connectivity index (χ4v) is 3.87. The van der Waals surface area contributed by atoms with Crippen molar-refractivity contribution in [3.63, 3.8) is 0 Å². The van der Waals surface area contributed by atoms with Gasteiger partial charge in [-0.25, -0.2) is 0 Å². The van der Waals surface area contributed by atoms with Crippen molar-refractivity contribution < 1.29 is 14.4 Å². The Hall–Kier alpha value is -2.38. The lowest BCUT2D eigenvalue weighted by molar-refractivity contribution is -0.133. The monoisotopic (exact) mass is 419 g/mol. The van der Waals surface area contributed by atoms with Gasteiger partial charge in [0.05, 0.1) is 11.8 Å². The Morgan fingerprint density at radius 2 is 1.80 bits per heavy atom. The number of hydrogen-bond acceptors (Lipinski definition) is 4. The third-order valence-electron chi connectivity index (χ3n) is 5.61. The Bertz CT molecular complexity index is 689. The molecular formula is C22H37N5O3. The lowest BCUT2D eigenvalue weighted by Gasteiger charge is -2.32. The average molecular weight is 420 g/mol. The number of rotatable bonds is 11. The molecular weight excluding hydrogens is 382 g/mol. The first-order valence-corrected chi connectivity index (χ1v) is 11.3. The fourth-order valence-electron chi connectivity index (χ4n) is 3.87. The Balaban J connectivity index is 1.64. The number of nitrogens with zero attached hydrogens (tertiary/aromatic N) is 4. The summed E-state index contributed by atoms with van der Waals surface area (Å²) in [5.74, 6) is 0.576. The lowest BCUT2D eigenvalue weighted by Crippen LogP contribution is -2.41. The highest BCUT2D eigenvalue weighted by Gasteiger charge is 2.23. The van der Waals surface area contributed by atoms with Crippen LogP contribution in [-0.4, -0.2) is 70.0 Å². The van der Waals surface area contributed by atoms with Crippen molar-refractivity contribution in [2.75, 3.05) is 32.7 Å². The van der Waals surface area contributed by atoms with Gasteiger partial charge in [-0.3, -0.25) is 19.1 Å².